The van der Waals surface area contributed by atoms with Crippen molar-refractivity contribution < 1.29 is 9.59 Å². The van der Waals surface area contributed by atoms with Crippen LogP contribution in [0.15, 0.2) is 42.7 Å². The van der Waals surface area contributed by atoms with Crippen molar-refractivity contribution in [3.05, 3.63) is 53.9 Å². The lowest BCUT2D eigenvalue weighted by molar-refractivity contribution is -0.131. The van der Waals surface area contributed by atoms with Gasteiger partial charge in [0.2, 0.25) is 11.9 Å². The summed E-state index contributed by atoms with van der Waals surface area (Å²) in [5, 5.41) is 3.16. The number of hydrogen-bond donors (Lipinski definition) is 1. The van der Waals surface area contributed by atoms with Gasteiger partial charge in [0, 0.05) is 57.7 Å². The van der Waals surface area contributed by atoms with Gasteiger partial charge >= 0.3 is 6.03 Å². The van der Waals surface area contributed by atoms with Gasteiger partial charge in [-0.25, -0.2) is 14.8 Å². The molecular weight excluding hydrogens is 392 g/mol. The zero-order valence-corrected chi connectivity index (χ0v) is 18.0. The second kappa shape index (κ2) is 9.76. The van der Waals surface area contributed by atoms with Crippen molar-refractivity contribution in [2.24, 2.45) is 0 Å². The van der Waals surface area contributed by atoms with Crippen LogP contribution in [0.2, 0.25) is 0 Å². The highest BCUT2D eigenvalue weighted by atomic mass is 16.2. The number of carbonyl (C=O) groups excluding carboxylic acids is 2. The third kappa shape index (κ3) is 5.51. The molecule has 4 rings (SSSR count). The molecule has 8 nitrogen and oxygen atoms in total. The number of aromatic nitrogens is 2. The highest BCUT2D eigenvalue weighted by Crippen LogP contribution is 2.16. The Labute approximate surface area is 183 Å². The number of rotatable bonds is 4. The van der Waals surface area contributed by atoms with Gasteiger partial charge in [-0.15, -0.1) is 0 Å². The summed E-state index contributed by atoms with van der Waals surface area (Å²) in [4.78, 5) is 39.8. The van der Waals surface area contributed by atoms with Gasteiger partial charge in [-0.1, -0.05) is 29.8 Å². The Balaban J connectivity index is 1.23. The van der Waals surface area contributed by atoms with Crippen LogP contribution in [-0.2, 0) is 11.2 Å². The molecule has 0 spiro atoms. The molecule has 2 aliphatic rings. The number of piperazine rings is 1. The lowest BCUT2D eigenvalue weighted by Gasteiger charge is -2.37. The quantitative estimate of drug-likeness (QED) is 0.813. The van der Waals surface area contributed by atoms with E-state index in [9.17, 15) is 9.59 Å². The maximum absolute atomic E-state index is 12.8. The normalized spacial score (nSPS) is 19.3. The predicted octanol–water partition coefficient (Wildman–Crippen LogP) is 1.85. The molecule has 0 saturated carbocycles. The monoisotopic (exact) mass is 422 g/mol. The molecule has 2 fully saturated rings. The fourth-order valence-electron chi connectivity index (χ4n) is 4.15. The summed E-state index contributed by atoms with van der Waals surface area (Å²) in [7, 11) is 0. The van der Waals surface area contributed by atoms with E-state index in [-0.39, 0.29) is 18.0 Å². The molecule has 1 unspecified atom stereocenters. The zero-order valence-electron chi connectivity index (χ0n) is 18.0. The van der Waals surface area contributed by atoms with E-state index in [1.54, 1.807) is 18.5 Å². The predicted molar refractivity (Wildman–Crippen MR) is 119 cm³/mol. The van der Waals surface area contributed by atoms with E-state index in [1.807, 2.05) is 41.0 Å². The zero-order chi connectivity index (χ0) is 21.6. The number of hydrogen-bond acceptors (Lipinski definition) is 5. The first-order valence-corrected chi connectivity index (χ1v) is 11.0. The molecule has 31 heavy (non-hydrogen) atoms. The van der Waals surface area contributed by atoms with Crippen molar-refractivity contribution in [2.45, 2.75) is 32.2 Å². The number of nitrogens with zero attached hydrogens (tertiary/aromatic N) is 5. The maximum Gasteiger partial charge on any atom is 0.317 e. The number of carbonyl (C=O) groups is 2. The van der Waals surface area contributed by atoms with E-state index in [1.165, 1.54) is 5.56 Å². The molecule has 8 heteroatoms. The maximum atomic E-state index is 12.8. The van der Waals surface area contributed by atoms with Crippen molar-refractivity contribution in [2.75, 3.05) is 44.2 Å². The topological polar surface area (TPSA) is 81.7 Å². The van der Waals surface area contributed by atoms with Crippen LogP contribution in [0.5, 0.6) is 0 Å². The van der Waals surface area contributed by atoms with Crippen molar-refractivity contribution in [1.82, 2.24) is 25.1 Å². The number of urea groups is 1. The molecule has 1 aromatic carbocycles. The third-order valence-electron chi connectivity index (χ3n) is 5.98. The van der Waals surface area contributed by atoms with Crippen LogP contribution in [0.1, 0.15) is 24.0 Å². The minimum absolute atomic E-state index is 0.0496. The van der Waals surface area contributed by atoms with Crippen molar-refractivity contribution >= 4 is 17.9 Å². The Hall–Kier alpha value is -3.16. The van der Waals surface area contributed by atoms with Gasteiger partial charge in [0.15, 0.2) is 0 Å². The van der Waals surface area contributed by atoms with Crippen LogP contribution in [-0.4, -0.2) is 77.0 Å². The number of piperidine rings is 1. The van der Waals surface area contributed by atoms with Crippen LogP contribution in [0.3, 0.4) is 0 Å². The van der Waals surface area contributed by atoms with Gasteiger partial charge in [0.05, 0.1) is 6.42 Å². The standard InChI is InChI=1S/C23H30N6O2/c1-18-5-7-19(8-6-18)16-21(30)27-12-14-28(15-13-27)23(31)26-20-4-2-11-29(17-20)22-24-9-3-10-25-22/h3,5-10,20H,2,4,11-17H2,1H3,(H,26,31). The van der Waals surface area contributed by atoms with E-state index in [0.717, 1.165) is 24.9 Å². The molecule has 1 aromatic heterocycles. The largest absolute Gasteiger partial charge is 0.339 e. The smallest absolute Gasteiger partial charge is 0.317 e. The third-order valence-corrected chi connectivity index (χ3v) is 5.98. The molecule has 1 atom stereocenters. The van der Waals surface area contributed by atoms with E-state index >= 15 is 0 Å². The fraction of sp³-hybridized carbons (Fsp3) is 0.478. The minimum atomic E-state index is -0.0496. The van der Waals surface area contributed by atoms with Gasteiger partial charge in [0.25, 0.3) is 0 Å². The first-order valence-electron chi connectivity index (χ1n) is 11.0. The first-order chi connectivity index (χ1) is 15.1. The Morgan fingerprint density at radius 1 is 1.00 bits per heavy atom. The summed E-state index contributed by atoms with van der Waals surface area (Å²) < 4.78 is 0. The molecule has 3 heterocycles. The fourth-order valence-corrected chi connectivity index (χ4v) is 4.15. The van der Waals surface area contributed by atoms with E-state index in [4.69, 9.17) is 0 Å². The average Bonchev–Trinajstić information content (AvgIpc) is 2.81. The van der Waals surface area contributed by atoms with Crippen LogP contribution >= 0.6 is 0 Å². The number of amides is 3. The highest BCUT2D eigenvalue weighted by molar-refractivity contribution is 5.79. The summed E-state index contributed by atoms with van der Waals surface area (Å²) in [6.45, 7) is 5.92. The van der Waals surface area contributed by atoms with Crippen molar-refractivity contribution in [1.29, 1.82) is 0 Å². The van der Waals surface area contributed by atoms with Gasteiger partial charge in [0.1, 0.15) is 0 Å². The summed E-state index contributed by atoms with van der Waals surface area (Å²) in [5.41, 5.74) is 2.22. The lowest BCUT2D eigenvalue weighted by Crippen LogP contribution is -2.57. The van der Waals surface area contributed by atoms with Crippen molar-refractivity contribution in [3.63, 3.8) is 0 Å². The Bertz CT molecular complexity index is 881. The van der Waals surface area contributed by atoms with Gasteiger partial charge in [-0.05, 0) is 31.4 Å². The molecule has 2 aliphatic heterocycles. The molecule has 3 amide bonds. The van der Waals surface area contributed by atoms with Crippen LogP contribution in [0.4, 0.5) is 10.7 Å². The molecule has 1 N–H and O–H groups in total. The van der Waals surface area contributed by atoms with Crippen LogP contribution < -0.4 is 10.2 Å². The number of benzene rings is 1. The molecular formula is C23H30N6O2. The molecule has 0 bridgehead atoms. The van der Waals surface area contributed by atoms with Gasteiger partial charge in [-0.2, -0.15) is 0 Å². The van der Waals surface area contributed by atoms with E-state index in [2.05, 4.69) is 20.2 Å². The Morgan fingerprint density at radius 2 is 1.68 bits per heavy atom. The summed E-state index contributed by atoms with van der Waals surface area (Å²) in [6, 6.07) is 9.90. The molecule has 2 saturated heterocycles. The molecule has 0 aliphatic carbocycles. The Kier molecular flexibility index (Phi) is 6.64. The average molecular weight is 423 g/mol. The van der Waals surface area contributed by atoms with Gasteiger partial charge in [-0.3, -0.25) is 4.79 Å². The summed E-state index contributed by atoms with van der Waals surface area (Å²) in [6.07, 6.45) is 5.83. The first kappa shape index (κ1) is 21.1. The summed E-state index contributed by atoms with van der Waals surface area (Å²) >= 11 is 0. The van der Waals surface area contributed by atoms with Crippen LogP contribution in [0.25, 0.3) is 0 Å². The molecule has 2 aromatic rings. The second-order valence-corrected chi connectivity index (χ2v) is 8.31. The second-order valence-electron chi connectivity index (χ2n) is 8.31. The molecule has 164 valence electrons. The Morgan fingerprint density at radius 3 is 2.39 bits per heavy atom. The highest BCUT2D eigenvalue weighted by Gasteiger charge is 2.28. The minimum Gasteiger partial charge on any atom is -0.339 e. The number of nitrogens with one attached hydrogen (secondary N) is 1. The van der Waals surface area contributed by atoms with Gasteiger partial charge < -0.3 is 20.0 Å². The summed E-state index contributed by atoms with van der Waals surface area (Å²) in [5.74, 6) is 0.830. The van der Waals surface area contributed by atoms with E-state index < -0.39 is 0 Å². The van der Waals surface area contributed by atoms with Crippen LogP contribution in [0, 0.1) is 6.92 Å². The molecule has 0 radical (unpaired) electrons. The lowest BCUT2D eigenvalue weighted by atomic mass is 10.1. The van der Waals surface area contributed by atoms with E-state index in [0.29, 0.717) is 45.1 Å². The number of aryl methyl sites for hydroxylation is 1. The SMILES string of the molecule is Cc1ccc(CC(=O)N2CCN(C(=O)NC3CCCN(c4ncccn4)C3)CC2)cc1. The van der Waals surface area contributed by atoms with Crippen molar-refractivity contribution in [3.8, 4) is 0 Å². The number of anilines is 1.